The van der Waals surface area contributed by atoms with E-state index in [4.69, 9.17) is 0 Å². The molecule has 0 heterocycles. The van der Waals surface area contributed by atoms with Gasteiger partial charge in [-0.05, 0) is 48.6 Å². The molecule has 0 aliphatic carbocycles. The Morgan fingerprint density at radius 2 is 1.55 bits per heavy atom. The van der Waals surface area contributed by atoms with Crippen molar-refractivity contribution in [2.24, 2.45) is 0 Å². The fourth-order valence-corrected chi connectivity index (χ4v) is 3.73. The maximum Gasteiger partial charge on any atom is 0.262 e. The van der Waals surface area contributed by atoms with Crippen LogP contribution in [-0.2, 0) is 10.0 Å². The minimum Gasteiger partial charge on any atom is -0.280 e. The molecular formula is C18H17NO2S. The molecule has 0 radical (unpaired) electrons. The van der Waals surface area contributed by atoms with Crippen LogP contribution in [0.5, 0.6) is 0 Å². The van der Waals surface area contributed by atoms with Crippen LogP contribution in [-0.4, -0.2) is 8.42 Å². The topological polar surface area (TPSA) is 46.2 Å². The van der Waals surface area contributed by atoms with E-state index in [1.807, 2.05) is 56.3 Å². The number of benzene rings is 3. The van der Waals surface area contributed by atoms with Gasteiger partial charge in [-0.15, -0.1) is 0 Å². The van der Waals surface area contributed by atoms with Crippen molar-refractivity contribution in [3.05, 3.63) is 71.8 Å². The zero-order valence-corrected chi connectivity index (χ0v) is 13.3. The van der Waals surface area contributed by atoms with E-state index in [0.717, 1.165) is 21.9 Å². The van der Waals surface area contributed by atoms with Crippen LogP contribution in [0.15, 0.2) is 65.6 Å². The van der Waals surface area contributed by atoms with Gasteiger partial charge < -0.3 is 0 Å². The summed E-state index contributed by atoms with van der Waals surface area (Å²) in [5, 5.41) is 1.63. The van der Waals surface area contributed by atoms with Crippen LogP contribution < -0.4 is 4.72 Å². The van der Waals surface area contributed by atoms with Crippen LogP contribution in [0.4, 0.5) is 5.69 Å². The average Bonchev–Trinajstić information content (AvgIpc) is 2.50. The van der Waals surface area contributed by atoms with Gasteiger partial charge >= 0.3 is 0 Å². The molecule has 0 unspecified atom stereocenters. The Hall–Kier alpha value is -2.33. The van der Waals surface area contributed by atoms with Crippen molar-refractivity contribution < 1.29 is 8.42 Å². The summed E-state index contributed by atoms with van der Waals surface area (Å²) in [5.74, 6) is 0. The van der Waals surface area contributed by atoms with Crippen molar-refractivity contribution in [1.82, 2.24) is 0 Å². The summed E-state index contributed by atoms with van der Waals surface area (Å²) < 4.78 is 28.1. The highest BCUT2D eigenvalue weighted by atomic mass is 32.2. The molecule has 3 aromatic rings. The predicted octanol–water partition coefficient (Wildman–Crippen LogP) is 4.26. The monoisotopic (exact) mass is 311 g/mol. The molecule has 0 saturated carbocycles. The number of fused-ring (bicyclic) bond motifs is 1. The second-order valence-corrected chi connectivity index (χ2v) is 7.03. The second-order valence-electron chi connectivity index (χ2n) is 5.38. The Morgan fingerprint density at radius 1 is 0.818 bits per heavy atom. The smallest absolute Gasteiger partial charge is 0.262 e. The first-order chi connectivity index (χ1) is 10.5. The van der Waals surface area contributed by atoms with Crippen LogP contribution in [0, 0.1) is 13.8 Å². The predicted molar refractivity (Wildman–Crippen MR) is 90.7 cm³/mol. The van der Waals surface area contributed by atoms with E-state index in [1.54, 1.807) is 18.2 Å². The molecule has 0 aliphatic rings. The summed E-state index contributed by atoms with van der Waals surface area (Å²) in [6.07, 6.45) is 0. The zero-order chi connectivity index (χ0) is 15.7. The van der Waals surface area contributed by atoms with Gasteiger partial charge in [0, 0.05) is 11.1 Å². The van der Waals surface area contributed by atoms with Gasteiger partial charge in [0.05, 0.1) is 4.90 Å². The standard InChI is InChI=1S/C18H17NO2S/c1-13-10-11-16(12-14(13)2)19-22(20,21)18-9-5-7-15-6-3-4-8-17(15)18/h3-12,19H,1-2H3. The Balaban J connectivity index is 2.07. The Labute approximate surface area is 130 Å². The number of rotatable bonds is 3. The molecule has 22 heavy (non-hydrogen) atoms. The summed E-state index contributed by atoms with van der Waals surface area (Å²) >= 11 is 0. The molecule has 3 aromatic carbocycles. The van der Waals surface area contributed by atoms with Gasteiger partial charge in [0.2, 0.25) is 0 Å². The molecule has 1 N–H and O–H groups in total. The van der Waals surface area contributed by atoms with Crippen molar-refractivity contribution in [3.63, 3.8) is 0 Å². The number of aryl methyl sites for hydroxylation is 2. The minimum atomic E-state index is -3.62. The number of hydrogen-bond donors (Lipinski definition) is 1. The number of sulfonamides is 1. The normalized spacial score (nSPS) is 11.5. The summed E-state index contributed by atoms with van der Waals surface area (Å²) in [7, 11) is -3.62. The SMILES string of the molecule is Cc1ccc(NS(=O)(=O)c2cccc3ccccc23)cc1C. The van der Waals surface area contributed by atoms with Crippen LogP contribution in [0.2, 0.25) is 0 Å². The Bertz CT molecular complexity index is 941. The van der Waals surface area contributed by atoms with Crippen LogP contribution in [0.1, 0.15) is 11.1 Å². The maximum absolute atomic E-state index is 12.7. The van der Waals surface area contributed by atoms with Gasteiger partial charge in [-0.1, -0.05) is 42.5 Å². The third-order valence-corrected chi connectivity index (χ3v) is 5.24. The van der Waals surface area contributed by atoms with E-state index >= 15 is 0 Å². The van der Waals surface area contributed by atoms with Gasteiger partial charge in [-0.3, -0.25) is 4.72 Å². The lowest BCUT2D eigenvalue weighted by Gasteiger charge is -2.11. The van der Waals surface area contributed by atoms with Gasteiger partial charge in [-0.25, -0.2) is 8.42 Å². The summed E-state index contributed by atoms with van der Waals surface area (Å²) in [5.41, 5.74) is 2.77. The molecule has 3 nitrogen and oxygen atoms in total. The van der Waals surface area contributed by atoms with E-state index in [2.05, 4.69) is 4.72 Å². The van der Waals surface area contributed by atoms with Crippen molar-refractivity contribution in [2.75, 3.05) is 4.72 Å². The van der Waals surface area contributed by atoms with E-state index in [9.17, 15) is 8.42 Å². The first-order valence-electron chi connectivity index (χ1n) is 7.05. The molecule has 0 bridgehead atoms. The fourth-order valence-electron chi connectivity index (χ4n) is 2.45. The first-order valence-corrected chi connectivity index (χ1v) is 8.53. The van der Waals surface area contributed by atoms with Crippen molar-refractivity contribution >= 4 is 26.5 Å². The molecule has 0 atom stereocenters. The lowest BCUT2D eigenvalue weighted by Crippen LogP contribution is -2.13. The minimum absolute atomic E-state index is 0.295. The van der Waals surface area contributed by atoms with E-state index in [1.165, 1.54) is 0 Å². The van der Waals surface area contributed by atoms with Crippen LogP contribution in [0.3, 0.4) is 0 Å². The average molecular weight is 311 g/mol. The number of nitrogens with one attached hydrogen (secondary N) is 1. The van der Waals surface area contributed by atoms with Crippen molar-refractivity contribution in [2.45, 2.75) is 18.7 Å². The molecule has 0 fully saturated rings. The molecule has 4 heteroatoms. The summed E-state index contributed by atoms with van der Waals surface area (Å²) in [4.78, 5) is 0.295. The molecule has 0 spiro atoms. The maximum atomic E-state index is 12.7. The number of anilines is 1. The summed E-state index contributed by atoms with van der Waals surface area (Å²) in [6, 6.07) is 18.3. The second kappa shape index (κ2) is 5.46. The highest BCUT2D eigenvalue weighted by Gasteiger charge is 2.17. The van der Waals surface area contributed by atoms with Crippen LogP contribution in [0.25, 0.3) is 10.8 Å². The Kier molecular flexibility index (Phi) is 3.62. The molecule has 112 valence electrons. The molecule has 0 aliphatic heterocycles. The fraction of sp³-hybridized carbons (Fsp3) is 0.111. The third-order valence-electron chi connectivity index (χ3n) is 3.80. The van der Waals surface area contributed by atoms with E-state index < -0.39 is 10.0 Å². The van der Waals surface area contributed by atoms with E-state index in [-0.39, 0.29) is 0 Å². The highest BCUT2D eigenvalue weighted by Crippen LogP contribution is 2.25. The lowest BCUT2D eigenvalue weighted by atomic mass is 10.1. The van der Waals surface area contributed by atoms with Crippen LogP contribution >= 0.6 is 0 Å². The van der Waals surface area contributed by atoms with Gasteiger partial charge in [0.15, 0.2) is 0 Å². The number of hydrogen-bond acceptors (Lipinski definition) is 2. The molecule has 0 aromatic heterocycles. The lowest BCUT2D eigenvalue weighted by molar-refractivity contribution is 0.602. The highest BCUT2D eigenvalue weighted by molar-refractivity contribution is 7.93. The van der Waals surface area contributed by atoms with Crippen molar-refractivity contribution in [1.29, 1.82) is 0 Å². The zero-order valence-electron chi connectivity index (χ0n) is 12.5. The molecule has 0 amide bonds. The molecule has 0 saturated heterocycles. The van der Waals surface area contributed by atoms with Gasteiger partial charge in [0.1, 0.15) is 0 Å². The first kappa shape index (κ1) is 14.6. The van der Waals surface area contributed by atoms with Crippen molar-refractivity contribution in [3.8, 4) is 0 Å². The largest absolute Gasteiger partial charge is 0.280 e. The summed E-state index contributed by atoms with van der Waals surface area (Å²) in [6.45, 7) is 3.96. The van der Waals surface area contributed by atoms with Gasteiger partial charge in [0.25, 0.3) is 10.0 Å². The molecule has 3 rings (SSSR count). The Morgan fingerprint density at radius 3 is 2.32 bits per heavy atom. The quantitative estimate of drug-likeness (QED) is 0.785. The van der Waals surface area contributed by atoms with E-state index in [0.29, 0.717) is 10.6 Å². The third kappa shape index (κ3) is 2.70. The molecular weight excluding hydrogens is 294 g/mol. The van der Waals surface area contributed by atoms with Gasteiger partial charge in [-0.2, -0.15) is 0 Å².